The van der Waals surface area contributed by atoms with Gasteiger partial charge >= 0.3 is 12.1 Å². The molecule has 1 heterocycles. The maximum absolute atomic E-state index is 11.2. The summed E-state index contributed by atoms with van der Waals surface area (Å²) in [6.07, 6.45) is 3.08. The lowest BCUT2D eigenvalue weighted by atomic mass is 10.2. The number of ether oxygens (including phenoxy) is 1. The van der Waals surface area contributed by atoms with E-state index in [9.17, 15) is 9.59 Å². The number of carboxylic acids is 1. The Labute approximate surface area is 97.1 Å². The van der Waals surface area contributed by atoms with Crippen molar-refractivity contribution in [2.45, 2.75) is 12.5 Å². The summed E-state index contributed by atoms with van der Waals surface area (Å²) in [6.45, 7) is 3.38. The molecule has 1 rings (SSSR count). The molecule has 0 fully saturated rings. The van der Waals surface area contributed by atoms with Gasteiger partial charge in [0.2, 0.25) is 0 Å². The van der Waals surface area contributed by atoms with Crippen LogP contribution in [0.2, 0.25) is 0 Å². The highest BCUT2D eigenvalue weighted by Gasteiger charge is 2.21. The molecule has 1 atom stereocenters. The molecular formula is C10H12N2O5. The SMILES string of the molecule is C=CCOC(=O)NC(Cc1cocn1)C(=O)O. The topological polar surface area (TPSA) is 102 Å². The van der Waals surface area contributed by atoms with Gasteiger partial charge in [0, 0.05) is 6.42 Å². The van der Waals surface area contributed by atoms with Gasteiger partial charge in [0.1, 0.15) is 18.9 Å². The van der Waals surface area contributed by atoms with E-state index in [4.69, 9.17) is 9.52 Å². The highest BCUT2D eigenvalue weighted by molar-refractivity contribution is 5.80. The first-order chi connectivity index (χ1) is 8.13. The molecule has 17 heavy (non-hydrogen) atoms. The van der Waals surface area contributed by atoms with Crippen molar-refractivity contribution >= 4 is 12.1 Å². The maximum atomic E-state index is 11.2. The highest BCUT2D eigenvalue weighted by atomic mass is 16.5. The minimum Gasteiger partial charge on any atom is -0.480 e. The van der Waals surface area contributed by atoms with Gasteiger partial charge in [-0.1, -0.05) is 12.7 Å². The molecule has 0 aliphatic rings. The van der Waals surface area contributed by atoms with E-state index in [1.807, 2.05) is 0 Å². The predicted octanol–water partition coefficient (Wildman–Crippen LogP) is 0.583. The molecule has 0 aliphatic carbocycles. The first kappa shape index (κ1) is 12.8. The Bertz CT molecular complexity index is 387. The fourth-order valence-electron chi connectivity index (χ4n) is 1.07. The molecule has 0 saturated carbocycles. The van der Waals surface area contributed by atoms with Crippen LogP contribution in [0.4, 0.5) is 4.79 Å². The number of hydrogen-bond donors (Lipinski definition) is 2. The third kappa shape index (κ3) is 4.37. The predicted molar refractivity (Wildman–Crippen MR) is 56.3 cm³/mol. The molecule has 92 valence electrons. The van der Waals surface area contributed by atoms with Gasteiger partial charge in [-0.05, 0) is 0 Å². The van der Waals surface area contributed by atoms with E-state index in [1.165, 1.54) is 18.7 Å². The molecule has 0 saturated heterocycles. The van der Waals surface area contributed by atoms with Crippen LogP contribution in [0.15, 0.2) is 29.7 Å². The standard InChI is InChI=1S/C10H12N2O5/c1-2-3-17-10(15)12-8(9(13)14)4-7-5-16-6-11-7/h2,5-6,8H,1,3-4H2,(H,12,15)(H,13,14). The normalized spacial score (nSPS) is 11.5. The third-order valence-electron chi connectivity index (χ3n) is 1.82. The van der Waals surface area contributed by atoms with Gasteiger partial charge in [0.05, 0.1) is 5.69 Å². The fraction of sp³-hybridized carbons (Fsp3) is 0.300. The van der Waals surface area contributed by atoms with E-state index in [2.05, 4.69) is 21.6 Å². The van der Waals surface area contributed by atoms with Crippen LogP contribution >= 0.6 is 0 Å². The molecule has 0 aromatic carbocycles. The van der Waals surface area contributed by atoms with Crippen molar-refractivity contribution in [1.82, 2.24) is 10.3 Å². The van der Waals surface area contributed by atoms with Crippen LogP contribution in [0.1, 0.15) is 5.69 Å². The van der Waals surface area contributed by atoms with Crippen molar-refractivity contribution in [3.05, 3.63) is 31.0 Å². The van der Waals surface area contributed by atoms with Crippen molar-refractivity contribution in [2.75, 3.05) is 6.61 Å². The molecule has 7 heteroatoms. The number of aromatic nitrogens is 1. The summed E-state index contributed by atoms with van der Waals surface area (Å²) < 4.78 is 9.32. The van der Waals surface area contributed by atoms with Gasteiger partial charge in [-0.2, -0.15) is 0 Å². The Morgan fingerprint density at radius 1 is 1.71 bits per heavy atom. The molecule has 2 N–H and O–H groups in total. The van der Waals surface area contributed by atoms with Crippen LogP contribution in [0.5, 0.6) is 0 Å². The van der Waals surface area contributed by atoms with E-state index in [0.29, 0.717) is 5.69 Å². The number of carbonyl (C=O) groups is 2. The first-order valence-electron chi connectivity index (χ1n) is 4.77. The number of rotatable bonds is 6. The largest absolute Gasteiger partial charge is 0.480 e. The molecule has 0 aliphatic heterocycles. The lowest BCUT2D eigenvalue weighted by Crippen LogP contribution is -2.42. The average Bonchev–Trinajstić information content (AvgIpc) is 2.78. The number of nitrogens with one attached hydrogen (secondary N) is 1. The maximum Gasteiger partial charge on any atom is 0.408 e. The average molecular weight is 240 g/mol. The summed E-state index contributed by atoms with van der Waals surface area (Å²) in [6, 6.07) is -1.11. The molecule has 1 amide bonds. The second-order valence-corrected chi connectivity index (χ2v) is 3.11. The molecule has 7 nitrogen and oxygen atoms in total. The highest BCUT2D eigenvalue weighted by Crippen LogP contribution is 2.01. The number of amides is 1. The lowest BCUT2D eigenvalue weighted by molar-refractivity contribution is -0.139. The van der Waals surface area contributed by atoms with E-state index >= 15 is 0 Å². The molecule has 0 bridgehead atoms. The van der Waals surface area contributed by atoms with Crippen LogP contribution in [-0.4, -0.2) is 34.8 Å². The zero-order valence-corrected chi connectivity index (χ0v) is 8.96. The number of hydrogen-bond acceptors (Lipinski definition) is 5. The third-order valence-corrected chi connectivity index (χ3v) is 1.82. The van der Waals surface area contributed by atoms with Crippen LogP contribution in [-0.2, 0) is 16.0 Å². The molecule has 1 unspecified atom stereocenters. The van der Waals surface area contributed by atoms with Crippen molar-refractivity contribution in [1.29, 1.82) is 0 Å². The Hall–Kier alpha value is -2.31. The Balaban J connectivity index is 2.51. The second kappa shape index (κ2) is 6.31. The van der Waals surface area contributed by atoms with Gasteiger partial charge in [-0.3, -0.25) is 0 Å². The van der Waals surface area contributed by atoms with E-state index < -0.39 is 18.1 Å². The second-order valence-electron chi connectivity index (χ2n) is 3.11. The summed E-state index contributed by atoms with van der Waals surface area (Å²) in [4.78, 5) is 25.8. The van der Waals surface area contributed by atoms with Gasteiger partial charge in [0.25, 0.3) is 0 Å². The smallest absolute Gasteiger partial charge is 0.408 e. The Morgan fingerprint density at radius 3 is 3.00 bits per heavy atom. The molecule has 0 spiro atoms. The van der Waals surface area contributed by atoms with Crippen molar-refractivity contribution < 1.29 is 23.8 Å². The van der Waals surface area contributed by atoms with Gasteiger partial charge in [-0.15, -0.1) is 0 Å². The number of nitrogens with zero attached hydrogens (tertiary/aromatic N) is 1. The minimum absolute atomic E-state index is 0.0160. The Kier molecular flexibility index (Phi) is 4.74. The van der Waals surface area contributed by atoms with Gasteiger partial charge in [0.15, 0.2) is 6.39 Å². The van der Waals surface area contributed by atoms with E-state index in [0.717, 1.165) is 0 Å². The number of alkyl carbamates (subject to hydrolysis) is 1. The summed E-state index contributed by atoms with van der Waals surface area (Å²) in [5.74, 6) is -1.18. The zero-order valence-electron chi connectivity index (χ0n) is 8.96. The van der Waals surface area contributed by atoms with E-state index in [-0.39, 0.29) is 13.0 Å². The summed E-state index contributed by atoms with van der Waals surface area (Å²) in [5, 5.41) is 11.1. The van der Waals surface area contributed by atoms with E-state index in [1.54, 1.807) is 0 Å². The summed E-state index contributed by atoms with van der Waals surface area (Å²) in [7, 11) is 0. The quantitative estimate of drug-likeness (QED) is 0.705. The van der Waals surface area contributed by atoms with Crippen LogP contribution in [0.25, 0.3) is 0 Å². The Morgan fingerprint density at radius 2 is 2.47 bits per heavy atom. The molecule has 1 aromatic rings. The molecule has 1 aromatic heterocycles. The minimum atomic E-state index is -1.18. The van der Waals surface area contributed by atoms with Crippen molar-refractivity contribution in [3.63, 3.8) is 0 Å². The van der Waals surface area contributed by atoms with Crippen LogP contribution in [0.3, 0.4) is 0 Å². The number of aliphatic carboxylic acids is 1. The zero-order chi connectivity index (χ0) is 12.7. The molecular weight excluding hydrogens is 228 g/mol. The molecule has 0 radical (unpaired) electrons. The van der Waals surface area contributed by atoms with Crippen LogP contribution in [0, 0.1) is 0 Å². The van der Waals surface area contributed by atoms with Crippen LogP contribution < -0.4 is 5.32 Å². The number of carboxylic acid groups (broad SMARTS) is 1. The van der Waals surface area contributed by atoms with Crippen molar-refractivity contribution in [3.8, 4) is 0 Å². The summed E-state index contributed by atoms with van der Waals surface area (Å²) in [5.41, 5.74) is 0.432. The van der Waals surface area contributed by atoms with Crippen molar-refractivity contribution in [2.24, 2.45) is 0 Å². The fourth-order valence-corrected chi connectivity index (χ4v) is 1.07. The summed E-state index contributed by atoms with van der Waals surface area (Å²) >= 11 is 0. The number of carbonyl (C=O) groups excluding carboxylic acids is 1. The van der Waals surface area contributed by atoms with Gasteiger partial charge < -0.3 is 19.6 Å². The van der Waals surface area contributed by atoms with Gasteiger partial charge in [-0.25, -0.2) is 14.6 Å². The lowest BCUT2D eigenvalue weighted by Gasteiger charge is -2.12. The number of oxazole rings is 1. The first-order valence-corrected chi connectivity index (χ1v) is 4.77. The monoisotopic (exact) mass is 240 g/mol.